The van der Waals surface area contributed by atoms with Gasteiger partial charge in [-0.1, -0.05) is 0 Å². The maximum absolute atomic E-state index is 12.8. The molecule has 5 nitrogen and oxygen atoms in total. The molecule has 2 saturated heterocycles. The van der Waals surface area contributed by atoms with Gasteiger partial charge >= 0.3 is 0 Å². The average molecular weight is 270 g/mol. The first-order chi connectivity index (χ1) is 9.22. The Hall–Kier alpha value is -0.650. The van der Waals surface area contributed by atoms with Crippen LogP contribution in [-0.4, -0.2) is 56.4 Å². The number of hydrogen-bond acceptors (Lipinski definition) is 4. The Morgan fingerprint density at radius 3 is 2.84 bits per heavy atom. The van der Waals surface area contributed by atoms with Crippen molar-refractivity contribution in [2.75, 3.05) is 39.5 Å². The predicted octanol–water partition coefficient (Wildman–Crippen LogP) is 0.769. The van der Waals surface area contributed by atoms with Crippen LogP contribution in [0, 0.1) is 5.41 Å². The highest BCUT2D eigenvalue weighted by atomic mass is 16.5. The average Bonchev–Trinajstić information content (AvgIpc) is 2.48. The molecular weight excluding hydrogens is 244 g/mol. The van der Waals surface area contributed by atoms with Gasteiger partial charge in [-0.05, 0) is 32.6 Å². The molecule has 110 valence electrons. The van der Waals surface area contributed by atoms with E-state index in [-0.39, 0.29) is 12.0 Å². The minimum Gasteiger partial charge on any atom is -0.381 e. The smallest absolute Gasteiger partial charge is 0.230 e. The van der Waals surface area contributed by atoms with Crippen molar-refractivity contribution in [1.29, 1.82) is 0 Å². The lowest BCUT2D eigenvalue weighted by atomic mass is 9.78. The number of ether oxygens (including phenoxy) is 2. The number of nitrogens with two attached hydrogens (primary N) is 1. The summed E-state index contributed by atoms with van der Waals surface area (Å²) in [6, 6.07) is 0. The summed E-state index contributed by atoms with van der Waals surface area (Å²) in [7, 11) is 0. The Bertz CT molecular complexity index is 301. The van der Waals surface area contributed by atoms with E-state index < -0.39 is 5.41 Å². The van der Waals surface area contributed by atoms with Crippen LogP contribution < -0.4 is 5.73 Å². The molecule has 0 spiro atoms. The lowest BCUT2D eigenvalue weighted by Crippen LogP contribution is -2.54. The third-order valence-electron chi connectivity index (χ3n) is 4.36. The van der Waals surface area contributed by atoms with Crippen molar-refractivity contribution in [2.24, 2.45) is 11.1 Å². The summed E-state index contributed by atoms with van der Waals surface area (Å²) < 4.78 is 11.0. The fraction of sp³-hybridized carbons (Fsp3) is 0.929. The molecular formula is C14H26N2O3. The summed E-state index contributed by atoms with van der Waals surface area (Å²) in [5.41, 5.74) is 5.51. The second-order valence-corrected chi connectivity index (χ2v) is 5.57. The van der Waals surface area contributed by atoms with Crippen LogP contribution in [0.3, 0.4) is 0 Å². The molecule has 2 N–H and O–H groups in total. The van der Waals surface area contributed by atoms with Gasteiger partial charge in [0.25, 0.3) is 0 Å². The number of likely N-dealkylation sites (tertiary alicyclic amines) is 1. The molecule has 0 aromatic heterocycles. The first-order valence-electron chi connectivity index (χ1n) is 7.40. The van der Waals surface area contributed by atoms with Gasteiger partial charge in [-0.15, -0.1) is 0 Å². The van der Waals surface area contributed by atoms with Crippen molar-refractivity contribution < 1.29 is 14.3 Å². The molecule has 2 heterocycles. The van der Waals surface area contributed by atoms with Gasteiger partial charge < -0.3 is 20.1 Å². The maximum atomic E-state index is 12.8. The zero-order valence-electron chi connectivity index (χ0n) is 11.9. The van der Waals surface area contributed by atoms with Gasteiger partial charge in [0.15, 0.2) is 0 Å². The van der Waals surface area contributed by atoms with E-state index in [2.05, 4.69) is 0 Å². The zero-order chi connectivity index (χ0) is 13.7. The molecule has 2 rings (SSSR count). The summed E-state index contributed by atoms with van der Waals surface area (Å²) in [6.07, 6.45) is 3.76. The summed E-state index contributed by atoms with van der Waals surface area (Å²) in [5, 5.41) is 0. The molecule has 1 amide bonds. The molecule has 2 aliphatic rings. The van der Waals surface area contributed by atoms with Crippen LogP contribution in [-0.2, 0) is 14.3 Å². The Morgan fingerprint density at radius 1 is 1.47 bits per heavy atom. The topological polar surface area (TPSA) is 64.8 Å². The van der Waals surface area contributed by atoms with Gasteiger partial charge in [-0.2, -0.15) is 0 Å². The molecule has 0 bridgehead atoms. The van der Waals surface area contributed by atoms with Gasteiger partial charge in [0.05, 0.1) is 11.5 Å². The summed E-state index contributed by atoms with van der Waals surface area (Å²) in [6.45, 7) is 5.98. The highest BCUT2D eigenvalue weighted by molar-refractivity contribution is 5.83. The molecule has 2 fully saturated rings. The van der Waals surface area contributed by atoms with E-state index in [1.54, 1.807) is 0 Å². The number of carbonyl (C=O) groups excluding carboxylic acids is 1. The van der Waals surface area contributed by atoms with Gasteiger partial charge in [0.1, 0.15) is 0 Å². The predicted molar refractivity (Wildman–Crippen MR) is 72.8 cm³/mol. The van der Waals surface area contributed by atoms with Crippen LogP contribution in [0.4, 0.5) is 0 Å². The van der Waals surface area contributed by atoms with Gasteiger partial charge in [0.2, 0.25) is 5.91 Å². The third-order valence-corrected chi connectivity index (χ3v) is 4.36. The van der Waals surface area contributed by atoms with Crippen LogP contribution >= 0.6 is 0 Å². The van der Waals surface area contributed by atoms with E-state index in [0.717, 1.165) is 38.8 Å². The highest BCUT2D eigenvalue weighted by Gasteiger charge is 2.42. The number of hydrogen-bond donors (Lipinski definition) is 1. The number of rotatable bonds is 4. The Kier molecular flexibility index (Phi) is 5.19. The van der Waals surface area contributed by atoms with Crippen LogP contribution in [0.2, 0.25) is 0 Å². The molecule has 0 radical (unpaired) electrons. The van der Waals surface area contributed by atoms with Crippen LogP contribution in [0.5, 0.6) is 0 Å². The van der Waals surface area contributed by atoms with E-state index in [1.165, 1.54) is 0 Å². The lowest BCUT2D eigenvalue weighted by Gasteiger charge is -2.41. The second-order valence-electron chi connectivity index (χ2n) is 5.57. The quantitative estimate of drug-likeness (QED) is 0.819. The minimum atomic E-state index is -0.396. The molecule has 0 aliphatic carbocycles. The van der Waals surface area contributed by atoms with Crippen LogP contribution in [0.25, 0.3) is 0 Å². The fourth-order valence-corrected chi connectivity index (χ4v) is 3.10. The minimum absolute atomic E-state index is 0.192. The molecule has 1 atom stereocenters. The molecule has 0 aromatic carbocycles. The first kappa shape index (κ1) is 14.8. The third kappa shape index (κ3) is 3.27. The van der Waals surface area contributed by atoms with E-state index in [9.17, 15) is 4.79 Å². The molecule has 2 aliphatic heterocycles. The number of piperidine rings is 1. The van der Waals surface area contributed by atoms with Crippen molar-refractivity contribution in [2.45, 2.75) is 38.7 Å². The monoisotopic (exact) mass is 270 g/mol. The number of amides is 1. The largest absolute Gasteiger partial charge is 0.381 e. The Morgan fingerprint density at radius 2 is 2.21 bits per heavy atom. The van der Waals surface area contributed by atoms with Crippen molar-refractivity contribution in [3.63, 3.8) is 0 Å². The molecule has 0 aromatic rings. The van der Waals surface area contributed by atoms with Crippen molar-refractivity contribution in [3.8, 4) is 0 Å². The first-order valence-corrected chi connectivity index (χ1v) is 7.40. The summed E-state index contributed by atoms with van der Waals surface area (Å²) >= 11 is 0. The number of nitrogens with zero attached hydrogens (tertiary/aromatic N) is 1. The zero-order valence-corrected chi connectivity index (χ0v) is 11.9. The van der Waals surface area contributed by atoms with E-state index in [4.69, 9.17) is 15.2 Å². The van der Waals surface area contributed by atoms with E-state index >= 15 is 0 Å². The van der Waals surface area contributed by atoms with Crippen molar-refractivity contribution >= 4 is 5.91 Å². The fourth-order valence-electron chi connectivity index (χ4n) is 3.10. The maximum Gasteiger partial charge on any atom is 0.230 e. The molecule has 19 heavy (non-hydrogen) atoms. The van der Waals surface area contributed by atoms with Crippen molar-refractivity contribution in [3.05, 3.63) is 0 Å². The van der Waals surface area contributed by atoms with Crippen molar-refractivity contribution in [1.82, 2.24) is 4.90 Å². The van der Waals surface area contributed by atoms with E-state index in [0.29, 0.717) is 26.4 Å². The Balaban J connectivity index is 2.00. The van der Waals surface area contributed by atoms with E-state index in [1.807, 2.05) is 11.8 Å². The van der Waals surface area contributed by atoms with Crippen LogP contribution in [0.15, 0.2) is 0 Å². The van der Waals surface area contributed by atoms with Gasteiger partial charge in [-0.25, -0.2) is 0 Å². The normalized spacial score (nSPS) is 27.3. The SMILES string of the molecule is CCO[C@@H]1CCCN(C(=O)C2(CN)CCOCC2)C1. The second kappa shape index (κ2) is 6.68. The molecule has 5 heteroatoms. The highest BCUT2D eigenvalue weighted by Crippen LogP contribution is 2.32. The summed E-state index contributed by atoms with van der Waals surface area (Å²) in [5.74, 6) is 0.211. The van der Waals surface area contributed by atoms with Gasteiger partial charge in [0, 0.05) is 39.5 Å². The molecule has 0 unspecified atom stereocenters. The van der Waals surface area contributed by atoms with Crippen LogP contribution in [0.1, 0.15) is 32.6 Å². The number of carbonyl (C=O) groups is 1. The lowest BCUT2D eigenvalue weighted by molar-refractivity contribution is -0.151. The molecule has 0 saturated carbocycles. The van der Waals surface area contributed by atoms with Gasteiger partial charge in [-0.3, -0.25) is 4.79 Å². The Labute approximate surface area is 115 Å². The standard InChI is InChI=1S/C14H26N2O3/c1-2-19-12-4-3-7-16(10-12)13(17)14(11-15)5-8-18-9-6-14/h12H,2-11,15H2,1H3/t12-/m1/s1. The summed E-state index contributed by atoms with van der Waals surface area (Å²) in [4.78, 5) is 14.8.